The second-order valence-electron chi connectivity index (χ2n) is 4.38. The number of hydrogen-bond acceptors (Lipinski definition) is 7. The van der Waals surface area contributed by atoms with Crippen molar-refractivity contribution in [3.05, 3.63) is 5.89 Å². The van der Waals surface area contributed by atoms with Crippen molar-refractivity contribution in [2.45, 2.75) is 57.1 Å². The summed E-state index contributed by atoms with van der Waals surface area (Å²) in [7, 11) is 0. The summed E-state index contributed by atoms with van der Waals surface area (Å²) in [6.45, 7) is 7.72. The summed E-state index contributed by atoms with van der Waals surface area (Å²) < 4.78 is 9.91. The summed E-state index contributed by atoms with van der Waals surface area (Å²) in [5.41, 5.74) is 0. The van der Waals surface area contributed by atoms with E-state index in [1.807, 2.05) is 13.8 Å². The van der Waals surface area contributed by atoms with Gasteiger partial charge >= 0.3 is 11.9 Å². The predicted octanol–water partition coefficient (Wildman–Crippen LogP) is 2.03. The minimum Gasteiger partial charge on any atom is -0.459 e. The van der Waals surface area contributed by atoms with Gasteiger partial charge in [-0.05, 0) is 26.7 Å². The van der Waals surface area contributed by atoms with Crippen molar-refractivity contribution in [2.75, 3.05) is 6.61 Å². The van der Waals surface area contributed by atoms with Gasteiger partial charge in [0.15, 0.2) is 0 Å². The molecular weight excluding hydrogens is 294 g/mol. The first kappa shape index (κ1) is 17.5. The lowest BCUT2D eigenvalue weighted by Gasteiger charge is -2.17. The van der Waals surface area contributed by atoms with Crippen molar-refractivity contribution >= 4 is 23.6 Å². The van der Waals surface area contributed by atoms with Gasteiger partial charge in [0.1, 0.15) is 0 Å². The Labute approximate surface area is 128 Å². The number of thioether (sulfide) groups is 1. The molecule has 8 heteroatoms. The first-order valence-electron chi connectivity index (χ1n) is 6.99. The Morgan fingerprint density at radius 2 is 1.95 bits per heavy atom. The number of amides is 1. The highest BCUT2D eigenvalue weighted by Gasteiger charge is 2.22. The molecule has 21 heavy (non-hydrogen) atoms. The maximum absolute atomic E-state index is 12.0. The van der Waals surface area contributed by atoms with E-state index in [1.165, 1.54) is 0 Å². The molecular formula is C13H21N3O4S. The van der Waals surface area contributed by atoms with Crippen LogP contribution in [0.5, 0.6) is 0 Å². The van der Waals surface area contributed by atoms with E-state index in [0.717, 1.165) is 24.6 Å². The molecule has 1 amide bonds. The van der Waals surface area contributed by atoms with E-state index in [0.29, 0.717) is 0 Å². The largest absolute Gasteiger partial charge is 0.459 e. The van der Waals surface area contributed by atoms with E-state index in [9.17, 15) is 9.59 Å². The normalized spacial score (nSPS) is 12.2. The van der Waals surface area contributed by atoms with E-state index >= 15 is 0 Å². The lowest BCUT2D eigenvalue weighted by Crippen LogP contribution is -2.38. The van der Waals surface area contributed by atoms with Gasteiger partial charge in [0.05, 0.1) is 11.9 Å². The Morgan fingerprint density at radius 1 is 1.29 bits per heavy atom. The quantitative estimate of drug-likeness (QED) is 0.579. The van der Waals surface area contributed by atoms with Gasteiger partial charge in [-0.1, -0.05) is 30.7 Å². The van der Waals surface area contributed by atoms with Crippen LogP contribution in [0.1, 0.15) is 51.2 Å². The number of carbonyl (C=O) groups excluding carboxylic acids is 2. The van der Waals surface area contributed by atoms with Crippen LogP contribution in [-0.2, 0) is 9.53 Å². The van der Waals surface area contributed by atoms with Crippen molar-refractivity contribution in [3.8, 4) is 0 Å². The smallest absolute Gasteiger partial charge is 0.396 e. The highest BCUT2D eigenvalue weighted by molar-refractivity contribution is 8.00. The zero-order valence-electron chi connectivity index (χ0n) is 12.7. The van der Waals surface area contributed by atoms with Crippen LogP contribution < -0.4 is 5.32 Å². The maximum Gasteiger partial charge on any atom is 0.396 e. The Hall–Kier alpha value is -1.57. The maximum atomic E-state index is 12.0. The van der Waals surface area contributed by atoms with E-state index in [1.54, 1.807) is 13.8 Å². The molecule has 0 saturated carbocycles. The SMILES string of the molecule is CCOC(=O)c1nnc(SC(C)C(=O)NC(CC)CC)o1. The average Bonchev–Trinajstić information content (AvgIpc) is 2.93. The molecule has 0 saturated heterocycles. The molecule has 0 aliphatic heterocycles. The number of hydrogen-bond donors (Lipinski definition) is 1. The number of nitrogens with zero attached hydrogens (tertiary/aromatic N) is 2. The van der Waals surface area contributed by atoms with Gasteiger partial charge in [-0.2, -0.15) is 0 Å². The van der Waals surface area contributed by atoms with Gasteiger partial charge in [-0.3, -0.25) is 4.79 Å². The molecule has 1 N–H and O–H groups in total. The predicted molar refractivity (Wildman–Crippen MR) is 78.1 cm³/mol. The molecule has 0 fully saturated rings. The van der Waals surface area contributed by atoms with Crippen LogP contribution in [0.3, 0.4) is 0 Å². The number of ether oxygens (including phenoxy) is 1. The molecule has 1 aromatic rings. The molecule has 1 heterocycles. The summed E-state index contributed by atoms with van der Waals surface area (Å²) in [6.07, 6.45) is 1.76. The van der Waals surface area contributed by atoms with E-state index in [2.05, 4.69) is 15.5 Å². The molecule has 0 radical (unpaired) electrons. The summed E-state index contributed by atoms with van der Waals surface area (Å²) in [5.74, 6) is -0.956. The summed E-state index contributed by atoms with van der Waals surface area (Å²) in [5, 5.41) is 10.1. The van der Waals surface area contributed by atoms with Crippen LogP contribution in [0.2, 0.25) is 0 Å². The van der Waals surface area contributed by atoms with Crippen LogP contribution in [0, 0.1) is 0 Å². The number of aromatic nitrogens is 2. The van der Waals surface area contributed by atoms with Gasteiger partial charge < -0.3 is 14.5 Å². The zero-order chi connectivity index (χ0) is 15.8. The van der Waals surface area contributed by atoms with Gasteiger partial charge in [-0.25, -0.2) is 4.79 Å². The van der Waals surface area contributed by atoms with Gasteiger partial charge in [0, 0.05) is 6.04 Å². The third-order valence-corrected chi connectivity index (χ3v) is 3.77. The molecule has 0 aliphatic carbocycles. The van der Waals surface area contributed by atoms with Gasteiger partial charge in [0.2, 0.25) is 5.91 Å². The fourth-order valence-corrected chi connectivity index (χ4v) is 2.24. The van der Waals surface area contributed by atoms with E-state index in [4.69, 9.17) is 9.15 Å². The van der Waals surface area contributed by atoms with Crippen LogP contribution in [-0.4, -0.2) is 40.0 Å². The zero-order valence-corrected chi connectivity index (χ0v) is 13.5. The molecule has 1 atom stereocenters. The van der Waals surface area contributed by atoms with Crippen LogP contribution in [0.25, 0.3) is 0 Å². The van der Waals surface area contributed by atoms with Crippen molar-refractivity contribution < 1.29 is 18.7 Å². The third-order valence-electron chi connectivity index (χ3n) is 2.84. The molecule has 0 aliphatic rings. The lowest BCUT2D eigenvalue weighted by molar-refractivity contribution is -0.121. The second-order valence-corrected chi connectivity index (χ2v) is 5.67. The Morgan fingerprint density at radius 3 is 2.52 bits per heavy atom. The standard InChI is InChI=1S/C13H21N3O4S/c1-5-9(6-2)14-10(17)8(4)21-13-16-15-11(20-13)12(18)19-7-3/h8-9H,5-7H2,1-4H3,(H,14,17). The second kappa shape index (κ2) is 8.66. The summed E-state index contributed by atoms with van der Waals surface area (Å²) in [4.78, 5) is 23.4. The number of rotatable bonds is 8. The Balaban J connectivity index is 2.56. The number of esters is 1. The molecule has 0 bridgehead atoms. The molecule has 0 spiro atoms. The fourth-order valence-electron chi connectivity index (χ4n) is 1.55. The van der Waals surface area contributed by atoms with Gasteiger partial charge in [-0.15, -0.1) is 5.10 Å². The molecule has 1 aromatic heterocycles. The van der Waals surface area contributed by atoms with Crippen LogP contribution in [0.4, 0.5) is 0 Å². The van der Waals surface area contributed by atoms with Crippen LogP contribution in [0.15, 0.2) is 9.64 Å². The van der Waals surface area contributed by atoms with Crippen LogP contribution >= 0.6 is 11.8 Å². The monoisotopic (exact) mass is 315 g/mol. The van der Waals surface area contributed by atoms with Crippen molar-refractivity contribution in [1.29, 1.82) is 0 Å². The molecule has 0 aromatic carbocycles. The van der Waals surface area contributed by atoms with Crippen molar-refractivity contribution in [2.24, 2.45) is 0 Å². The first-order valence-corrected chi connectivity index (χ1v) is 7.87. The first-order chi connectivity index (χ1) is 10.0. The topological polar surface area (TPSA) is 94.3 Å². The highest BCUT2D eigenvalue weighted by Crippen LogP contribution is 2.22. The number of nitrogens with one attached hydrogen (secondary N) is 1. The minimum atomic E-state index is -0.661. The molecule has 7 nitrogen and oxygen atoms in total. The lowest BCUT2D eigenvalue weighted by atomic mass is 10.2. The van der Waals surface area contributed by atoms with Gasteiger partial charge in [0.25, 0.3) is 5.22 Å². The molecule has 118 valence electrons. The molecule has 1 unspecified atom stereocenters. The summed E-state index contributed by atoms with van der Waals surface area (Å²) >= 11 is 1.11. The van der Waals surface area contributed by atoms with E-state index < -0.39 is 5.97 Å². The van der Waals surface area contributed by atoms with Crippen molar-refractivity contribution in [1.82, 2.24) is 15.5 Å². The molecule has 1 rings (SSSR count). The average molecular weight is 315 g/mol. The Kier molecular flexibility index (Phi) is 7.21. The Bertz CT molecular complexity index is 474. The fraction of sp³-hybridized carbons (Fsp3) is 0.692. The van der Waals surface area contributed by atoms with E-state index in [-0.39, 0.29) is 34.9 Å². The van der Waals surface area contributed by atoms with Crippen molar-refractivity contribution in [3.63, 3.8) is 0 Å². The summed E-state index contributed by atoms with van der Waals surface area (Å²) in [6, 6.07) is 0.165. The highest BCUT2D eigenvalue weighted by atomic mass is 32.2. The number of carbonyl (C=O) groups is 2. The minimum absolute atomic E-state index is 0.0930. The third kappa shape index (κ3) is 5.37.